The van der Waals surface area contributed by atoms with E-state index in [0.29, 0.717) is 5.69 Å². The smallest absolute Gasteiger partial charge is 0.328 e. The summed E-state index contributed by atoms with van der Waals surface area (Å²) in [4.78, 5) is 73.4. The molecule has 0 spiro atoms. The van der Waals surface area contributed by atoms with Gasteiger partial charge in [0, 0.05) is 18.2 Å². The van der Waals surface area contributed by atoms with E-state index in [-0.39, 0.29) is 52.6 Å². The number of nitro benzene ring substituents is 1. The summed E-state index contributed by atoms with van der Waals surface area (Å²) in [6.45, 7) is 0.0351. The molecule has 2 aromatic heterocycles. The summed E-state index contributed by atoms with van der Waals surface area (Å²) in [5.41, 5.74) is 4.69. The molecule has 2 heterocycles. The lowest BCUT2D eigenvalue weighted by Gasteiger charge is -2.16. The van der Waals surface area contributed by atoms with E-state index >= 15 is 0 Å². The van der Waals surface area contributed by atoms with Crippen LogP contribution in [0.1, 0.15) is 28.9 Å². The Kier molecular flexibility index (Phi) is 11.9. The minimum atomic E-state index is -4.00. The van der Waals surface area contributed by atoms with Crippen LogP contribution in [0.25, 0.3) is 11.2 Å². The molecular formula is C27H28N8O11S. The highest BCUT2D eigenvalue weighted by atomic mass is 32.2. The van der Waals surface area contributed by atoms with Crippen molar-refractivity contribution in [2.45, 2.75) is 30.3 Å². The molecule has 0 saturated carbocycles. The molecule has 0 aliphatic heterocycles. The average molecular weight is 673 g/mol. The van der Waals surface area contributed by atoms with Crippen LogP contribution in [0.5, 0.6) is 0 Å². The predicted octanol–water partition coefficient (Wildman–Crippen LogP) is 0.974. The lowest BCUT2D eigenvalue weighted by molar-refractivity contribution is -0.385. The van der Waals surface area contributed by atoms with Crippen molar-refractivity contribution in [1.82, 2.24) is 25.3 Å². The molecule has 1 amide bonds. The normalized spacial score (nSPS) is 11.4. The summed E-state index contributed by atoms with van der Waals surface area (Å²) >= 11 is 0. The SMILES string of the molecule is COC(=O)CCC(NC(=O)c1ccc(NCc2cnc3nc(N)[nH]c(=O)c3n2)cc1[N+](=O)[O-])C(=O)OC.O=S(=O)(O)c1ccccc1. The number of methoxy groups -OCH3 is 2. The number of amides is 1. The van der Waals surface area contributed by atoms with Gasteiger partial charge in [-0.15, -0.1) is 0 Å². The van der Waals surface area contributed by atoms with Gasteiger partial charge >= 0.3 is 11.9 Å². The number of aromatic amines is 1. The molecule has 19 nitrogen and oxygen atoms in total. The molecule has 0 radical (unpaired) electrons. The molecule has 20 heteroatoms. The standard InChI is InChI=1S/C21H22N8O8.C6H6O3S/c1-36-15(30)6-5-13(20(33)37-2)26-18(31)12-4-3-10(7-14(12)29(34)35)23-8-11-9-24-17-16(25-11)19(32)28-21(22)27-17;7-10(8,9)6-4-2-1-3-5-6/h3-4,7,9,13,23H,5-6,8H2,1-2H3,(H,26,31)(H3,22,24,27,28,32);1-5H,(H,7,8,9). The predicted molar refractivity (Wildman–Crippen MR) is 164 cm³/mol. The first-order valence-electron chi connectivity index (χ1n) is 13.2. The number of nitrogens with two attached hydrogens (primary N) is 1. The monoisotopic (exact) mass is 672 g/mol. The number of anilines is 2. The van der Waals surface area contributed by atoms with E-state index in [1.807, 2.05) is 0 Å². The molecule has 4 aromatic rings. The van der Waals surface area contributed by atoms with Crippen molar-refractivity contribution in [3.63, 3.8) is 0 Å². The molecule has 248 valence electrons. The molecule has 47 heavy (non-hydrogen) atoms. The topological polar surface area (TPSA) is 289 Å². The number of esters is 2. The zero-order valence-electron chi connectivity index (χ0n) is 24.7. The quantitative estimate of drug-likeness (QED) is 0.0642. The number of hydrogen-bond acceptors (Lipinski definition) is 15. The summed E-state index contributed by atoms with van der Waals surface area (Å²) in [5.74, 6) is -2.45. The van der Waals surface area contributed by atoms with Crippen LogP contribution in [-0.4, -0.2) is 75.9 Å². The van der Waals surface area contributed by atoms with Crippen LogP contribution >= 0.6 is 0 Å². The highest BCUT2D eigenvalue weighted by molar-refractivity contribution is 7.85. The van der Waals surface area contributed by atoms with Gasteiger partial charge in [0.1, 0.15) is 11.6 Å². The van der Waals surface area contributed by atoms with Gasteiger partial charge in [-0.3, -0.25) is 34.0 Å². The summed E-state index contributed by atoms with van der Waals surface area (Å²) < 4.78 is 38.4. The number of nitrogens with one attached hydrogen (secondary N) is 3. The van der Waals surface area contributed by atoms with Crippen LogP contribution in [0.3, 0.4) is 0 Å². The van der Waals surface area contributed by atoms with Crippen LogP contribution in [0, 0.1) is 10.1 Å². The van der Waals surface area contributed by atoms with Crippen molar-refractivity contribution in [1.29, 1.82) is 0 Å². The Bertz CT molecular complexity index is 1950. The number of aromatic nitrogens is 4. The second-order valence-electron chi connectivity index (χ2n) is 9.28. The zero-order valence-corrected chi connectivity index (χ0v) is 25.5. The van der Waals surface area contributed by atoms with Crippen molar-refractivity contribution in [3.05, 3.63) is 86.5 Å². The first-order chi connectivity index (χ1) is 22.2. The van der Waals surface area contributed by atoms with Crippen LogP contribution in [0.15, 0.2) is 64.4 Å². The summed E-state index contributed by atoms with van der Waals surface area (Å²) in [6.07, 6.45) is 1.05. The van der Waals surface area contributed by atoms with Crippen LogP contribution < -0.4 is 21.9 Å². The number of ether oxygens (including phenoxy) is 2. The number of hydrogen-bond donors (Lipinski definition) is 5. The van der Waals surface area contributed by atoms with Crippen LogP contribution in [0.4, 0.5) is 17.3 Å². The number of benzene rings is 2. The molecule has 0 saturated heterocycles. The second-order valence-corrected chi connectivity index (χ2v) is 10.7. The molecule has 4 rings (SSSR count). The largest absolute Gasteiger partial charge is 0.469 e. The van der Waals surface area contributed by atoms with Gasteiger partial charge < -0.3 is 25.8 Å². The number of nitro groups is 1. The maximum Gasteiger partial charge on any atom is 0.328 e. The Morgan fingerprint density at radius 3 is 2.40 bits per heavy atom. The van der Waals surface area contributed by atoms with E-state index in [0.717, 1.165) is 13.2 Å². The fraction of sp³-hybridized carbons (Fsp3) is 0.222. The average Bonchev–Trinajstić information content (AvgIpc) is 3.05. The van der Waals surface area contributed by atoms with Gasteiger partial charge in [-0.25, -0.2) is 14.8 Å². The third kappa shape index (κ3) is 9.99. The second kappa shape index (κ2) is 15.8. The van der Waals surface area contributed by atoms with Crippen LogP contribution in [0.2, 0.25) is 0 Å². The van der Waals surface area contributed by atoms with Gasteiger partial charge in [0.2, 0.25) is 5.95 Å². The number of H-pyrrole nitrogens is 1. The Balaban J connectivity index is 0.000000511. The fourth-order valence-electron chi connectivity index (χ4n) is 3.82. The molecule has 0 aliphatic carbocycles. The van der Waals surface area contributed by atoms with E-state index in [4.69, 9.17) is 10.3 Å². The fourth-order valence-corrected chi connectivity index (χ4v) is 4.32. The van der Waals surface area contributed by atoms with Crippen molar-refractivity contribution in [2.24, 2.45) is 0 Å². The molecule has 0 bridgehead atoms. The first kappa shape index (κ1) is 35.5. The van der Waals surface area contributed by atoms with Crippen molar-refractivity contribution < 1.29 is 41.8 Å². The molecule has 0 fully saturated rings. The molecule has 1 atom stereocenters. The third-order valence-corrected chi connectivity index (χ3v) is 6.96. The van der Waals surface area contributed by atoms with Crippen molar-refractivity contribution in [3.8, 4) is 0 Å². The highest BCUT2D eigenvalue weighted by Crippen LogP contribution is 2.24. The van der Waals surface area contributed by atoms with Crippen molar-refractivity contribution in [2.75, 3.05) is 25.3 Å². The van der Waals surface area contributed by atoms with E-state index < -0.39 is 50.2 Å². The Morgan fingerprint density at radius 2 is 1.81 bits per heavy atom. The molecule has 0 aliphatic rings. The lowest BCUT2D eigenvalue weighted by Crippen LogP contribution is -2.42. The minimum absolute atomic E-state index is 0.0288. The first-order valence-corrected chi connectivity index (χ1v) is 14.7. The molecule has 1 unspecified atom stereocenters. The maximum absolute atomic E-state index is 12.8. The van der Waals surface area contributed by atoms with Gasteiger partial charge in [-0.05, 0) is 30.7 Å². The number of nitrogens with zero attached hydrogens (tertiary/aromatic N) is 4. The van der Waals surface area contributed by atoms with E-state index in [1.165, 1.54) is 37.6 Å². The van der Waals surface area contributed by atoms with E-state index in [2.05, 4.69) is 40.0 Å². The zero-order chi connectivity index (χ0) is 34.7. The minimum Gasteiger partial charge on any atom is -0.469 e. The maximum atomic E-state index is 12.8. The number of nitrogen functional groups attached to an aromatic ring is 1. The van der Waals surface area contributed by atoms with Crippen molar-refractivity contribution >= 4 is 56.5 Å². The number of carbonyl (C=O) groups excluding carboxylic acids is 3. The lowest BCUT2D eigenvalue weighted by atomic mass is 10.1. The van der Waals surface area contributed by atoms with Gasteiger partial charge in [-0.1, -0.05) is 18.2 Å². The summed E-state index contributed by atoms with van der Waals surface area (Å²) in [7, 11) is -1.73. The summed E-state index contributed by atoms with van der Waals surface area (Å²) in [5, 5.41) is 16.9. The van der Waals surface area contributed by atoms with E-state index in [1.54, 1.807) is 18.2 Å². The molecule has 6 N–H and O–H groups in total. The summed E-state index contributed by atoms with van der Waals surface area (Å²) in [6, 6.07) is 9.93. The third-order valence-electron chi connectivity index (χ3n) is 6.10. The van der Waals surface area contributed by atoms with Gasteiger partial charge in [-0.2, -0.15) is 13.4 Å². The van der Waals surface area contributed by atoms with Gasteiger partial charge in [0.25, 0.3) is 27.3 Å². The number of fused-ring (bicyclic) bond motifs is 1. The van der Waals surface area contributed by atoms with E-state index in [9.17, 15) is 37.7 Å². The van der Waals surface area contributed by atoms with Crippen LogP contribution in [-0.2, 0) is 35.7 Å². The molecule has 2 aromatic carbocycles. The number of carbonyl (C=O) groups is 3. The Morgan fingerprint density at radius 1 is 1.11 bits per heavy atom. The van der Waals surface area contributed by atoms with Gasteiger partial charge in [0.15, 0.2) is 11.2 Å². The Hall–Kier alpha value is -6.02. The highest BCUT2D eigenvalue weighted by Gasteiger charge is 2.27. The Labute approximate surface area is 265 Å². The van der Waals surface area contributed by atoms with Gasteiger partial charge in [0.05, 0.1) is 42.5 Å². The molecular weight excluding hydrogens is 644 g/mol. The number of rotatable bonds is 11.